The van der Waals surface area contributed by atoms with Gasteiger partial charge in [0.1, 0.15) is 7.05 Å². The van der Waals surface area contributed by atoms with E-state index < -0.39 is 0 Å². The van der Waals surface area contributed by atoms with Crippen molar-refractivity contribution in [3.63, 3.8) is 0 Å². The van der Waals surface area contributed by atoms with Crippen LogP contribution in [0.3, 0.4) is 0 Å². The fourth-order valence-corrected chi connectivity index (χ4v) is 1.79. The van der Waals surface area contributed by atoms with Crippen LogP contribution in [0.5, 0.6) is 0 Å². The lowest BCUT2D eigenvalue weighted by Crippen LogP contribution is -2.36. The van der Waals surface area contributed by atoms with Gasteiger partial charge in [-0.2, -0.15) is 4.57 Å². The summed E-state index contributed by atoms with van der Waals surface area (Å²) >= 11 is 0. The Balaban J connectivity index is 3.22. The van der Waals surface area contributed by atoms with Gasteiger partial charge in [-0.1, -0.05) is 23.6 Å². The molecule has 0 amide bonds. The van der Waals surface area contributed by atoms with Gasteiger partial charge >= 0.3 is 0 Å². The summed E-state index contributed by atoms with van der Waals surface area (Å²) in [5.41, 5.74) is 4.90. The summed E-state index contributed by atoms with van der Waals surface area (Å²) in [5.74, 6) is 2.94. The number of terminal acetylenes is 1. The lowest BCUT2D eigenvalue weighted by molar-refractivity contribution is -0.679. The number of rotatable bonds is 3. The topological polar surface area (TPSA) is 3.88 Å². The molecular weight excluding hydrogens is 218 g/mol. The van der Waals surface area contributed by atoms with Crippen molar-refractivity contribution >= 4 is 12.2 Å². The Morgan fingerprint density at radius 3 is 2.67 bits per heavy atom. The molecule has 1 unspecified atom stereocenters. The second kappa shape index (κ2) is 6.21. The first-order valence-corrected chi connectivity index (χ1v) is 6.28. The van der Waals surface area contributed by atoms with E-state index in [-0.39, 0.29) is 5.92 Å². The molecule has 1 rings (SSSR count). The Labute approximate surface area is 111 Å². The van der Waals surface area contributed by atoms with Gasteiger partial charge in [0.2, 0.25) is 5.69 Å². The van der Waals surface area contributed by atoms with Crippen molar-refractivity contribution in [3.8, 4) is 12.3 Å². The molecule has 0 radical (unpaired) electrons. The molecule has 1 heterocycles. The number of nitrogens with zero attached hydrogens (tertiary/aromatic N) is 1. The molecule has 94 valence electrons. The molecule has 1 atom stereocenters. The first kappa shape index (κ1) is 14.3. The third-order valence-corrected chi connectivity index (χ3v) is 3.40. The largest absolute Gasteiger partial charge is 0.205 e. The van der Waals surface area contributed by atoms with Crippen LogP contribution in [-0.2, 0) is 7.05 Å². The first-order chi connectivity index (χ1) is 8.51. The van der Waals surface area contributed by atoms with Crippen LogP contribution in [0, 0.1) is 25.2 Å². The van der Waals surface area contributed by atoms with Crippen LogP contribution in [0.2, 0.25) is 0 Å². The van der Waals surface area contributed by atoms with Crippen LogP contribution >= 0.6 is 0 Å². The highest BCUT2D eigenvalue weighted by Gasteiger charge is 2.11. The van der Waals surface area contributed by atoms with Crippen LogP contribution < -0.4 is 4.57 Å². The van der Waals surface area contributed by atoms with Gasteiger partial charge in [0.25, 0.3) is 0 Å². The molecule has 0 aromatic carbocycles. The first-order valence-electron chi connectivity index (χ1n) is 6.28. The fraction of sp³-hybridized carbons (Fsp3) is 0.353. The van der Waals surface area contributed by atoms with Gasteiger partial charge in [-0.15, -0.1) is 6.42 Å². The van der Waals surface area contributed by atoms with Crippen LogP contribution in [0.25, 0.3) is 12.2 Å². The summed E-state index contributed by atoms with van der Waals surface area (Å²) in [6.07, 6.45) is 11.8. The third-order valence-electron chi connectivity index (χ3n) is 3.40. The van der Waals surface area contributed by atoms with Gasteiger partial charge in [0.05, 0.1) is 0 Å². The van der Waals surface area contributed by atoms with Crippen LogP contribution in [-0.4, -0.2) is 0 Å². The summed E-state index contributed by atoms with van der Waals surface area (Å²) in [5, 5.41) is 0. The summed E-state index contributed by atoms with van der Waals surface area (Å²) < 4.78 is 2.20. The van der Waals surface area contributed by atoms with E-state index in [9.17, 15) is 0 Å². The molecule has 1 nitrogen and oxygen atoms in total. The highest BCUT2D eigenvalue weighted by atomic mass is 14.9. The molecule has 0 spiro atoms. The summed E-state index contributed by atoms with van der Waals surface area (Å²) in [4.78, 5) is 0. The smallest absolute Gasteiger partial charge is 0.199 e. The molecule has 0 aliphatic rings. The second-order valence-electron chi connectivity index (χ2n) is 4.63. The van der Waals surface area contributed by atoms with Crippen molar-refractivity contribution in [1.29, 1.82) is 0 Å². The lowest BCUT2D eigenvalue weighted by Gasteiger charge is -2.06. The molecule has 0 fully saturated rings. The van der Waals surface area contributed by atoms with E-state index in [1.54, 1.807) is 0 Å². The normalized spacial score (nSPS) is 13.7. The molecule has 18 heavy (non-hydrogen) atoms. The standard InChI is InChI=1S/C17H22N/c1-7-9-16-10-11-17(18(6)15(16)5)12-14(4)13(3)8-2/h2,7,9-13H,1,3-6H3/q+1/b9-7-,14-12-. The van der Waals surface area contributed by atoms with E-state index in [2.05, 4.69) is 61.7 Å². The van der Waals surface area contributed by atoms with Crippen LogP contribution in [0.1, 0.15) is 37.7 Å². The predicted molar refractivity (Wildman–Crippen MR) is 78.7 cm³/mol. The maximum absolute atomic E-state index is 5.45. The molecule has 1 heteroatoms. The molecule has 0 saturated heterocycles. The summed E-state index contributed by atoms with van der Waals surface area (Å²) in [6.45, 7) is 8.30. The maximum Gasteiger partial charge on any atom is 0.205 e. The van der Waals surface area contributed by atoms with Crippen molar-refractivity contribution in [3.05, 3.63) is 40.7 Å². The highest BCUT2D eigenvalue weighted by Crippen LogP contribution is 2.14. The Morgan fingerprint density at radius 2 is 2.11 bits per heavy atom. The zero-order valence-electron chi connectivity index (χ0n) is 12.0. The van der Waals surface area contributed by atoms with E-state index in [0.717, 1.165) is 0 Å². The van der Waals surface area contributed by atoms with Gasteiger partial charge < -0.3 is 0 Å². The number of allylic oxidation sites excluding steroid dienone is 2. The zero-order chi connectivity index (χ0) is 13.7. The van der Waals surface area contributed by atoms with E-state index in [1.165, 1.54) is 22.5 Å². The molecule has 1 aromatic rings. The molecule has 0 bridgehead atoms. The average molecular weight is 240 g/mol. The Hall–Kier alpha value is -1.81. The van der Waals surface area contributed by atoms with Gasteiger partial charge in [-0.3, -0.25) is 0 Å². The van der Waals surface area contributed by atoms with Crippen molar-refractivity contribution in [2.75, 3.05) is 0 Å². The van der Waals surface area contributed by atoms with E-state index in [4.69, 9.17) is 6.42 Å². The number of hydrogen-bond donors (Lipinski definition) is 0. The van der Waals surface area contributed by atoms with Crippen molar-refractivity contribution in [1.82, 2.24) is 0 Å². The quantitative estimate of drug-likeness (QED) is 0.562. The molecule has 1 aromatic heterocycles. The Kier molecular flexibility index (Phi) is 4.92. The number of pyridine rings is 1. The van der Waals surface area contributed by atoms with Gasteiger partial charge in [0, 0.05) is 30.5 Å². The van der Waals surface area contributed by atoms with Gasteiger partial charge in [-0.05, 0) is 26.8 Å². The van der Waals surface area contributed by atoms with Gasteiger partial charge in [-0.25, -0.2) is 0 Å². The Morgan fingerprint density at radius 1 is 1.44 bits per heavy atom. The average Bonchev–Trinajstić information content (AvgIpc) is 2.37. The minimum atomic E-state index is 0.181. The minimum Gasteiger partial charge on any atom is -0.199 e. The third kappa shape index (κ3) is 3.11. The van der Waals surface area contributed by atoms with Gasteiger partial charge in [0.15, 0.2) is 5.69 Å². The maximum atomic E-state index is 5.45. The molecule has 0 N–H and O–H groups in total. The lowest BCUT2D eigenvalue weighted by atomic mass is 10.0. The van der Waals surface area contributed by atoms with Crippen LogP contribution in [0.4, 0.5) is 0 Å². The van der Waals surface area contributed by atoms with Crippen molar-refractivity contribution in [2.45, 2.75) is 27.7 Å². The molecular formula is C17H22N+. The molecule has 0 aliphatic heterocycles. The number of aromatic nitrogens is 1. The zero-order valence-corrected chi connectivity index (χ0v) is 12.0. The minimum absolute atomic E-state index is 0.181. The Bertz CT molecular complexity index is 527. The summed E-state index contributed by atoms with van der Waals surface area (Å²) in [7, 11) is 2.09. The SMILES string of the molecule is C#CC(C)/C(C)=C\c1ccc(/C=C\C)c(C)[n+]1C. The van der Waals surface area contributed by atoms with E-state index in [0.29, 0.717) is 0 Å². The fourth-order valence-electron chi connectivity index (χ4n) is 1.79. The second-order valence-corrected chi connectivity index (χ2v) is 4.63. The van der Waals surface area contributed by atoms with Crippen molar-refractivity contribution in [2.24, 2.45) is 13.0 Å². The van der Waals surface area contributed by atoms with Crippen LogP contribution in [0.15, 0.2) is 23.8 Å². The molecule has 0 aliphatic carbocycles. The van der Waals surface area contributed by atoms with Crippen molar-refractivity contribution < 1.29 is 4.57 Å². The monoisotopic (exact) mass is 240 g/mol. The summed E-state index contributed by atoms with van der Waals surface area (Å²) in [6, 6.07) is 4.28. The van der Waals surface area contributed by atoms with E-state index >= 15 is 0 Å². The van der Waals surface area contributed by atoms with E-state index in [1.807, 2.05) is 13.8 Å². The molecule has 0 saturated carbocycles. The highest BCUT2D eigenvalue weighted by molar-refractivity contribution is 5.53. The predicted octanol–water partition coefficient (Wildman–Crippen LogP) is 3.53. The number of hydrogen-bond acceptors (Lipinski definition) is 0.